The fourth-order valence-electron chi connectivity index (χ4n) is 1.25. The third kappa shape index (κ3) is 4.23. The van der Waals surface area contributed by atoms with Gasteiger partial charge < -0.3 is 15.2 Å². The third-order valence-electron chi connectivity index (χ3n) is 2.56. The minimum Gasteiger partial charge on any atom is -0.497 e. The maximum Gasteiger partial charge on any atom is 0.324 e. The van der Waals surface area contributed by atoms with E-state index >= 15 is 0 Å². The lowest BCUT2D eigenvalue weighted by molar-refractivity contribution is -0.147. The zero-order valence-corrected chi connectivity index (χ0v) is 11.7. The molecule has 1 aromatic rings. The average molecular weight is 269 g/mol. The molecule has 18 heavy (non-hydrogen) atoms. The summed E-state index contributed by atoms with van der Waals surface area (Å²) in [6, 6.07) is 6.55. The Balaban J connectivity index is 2.52. The van der Waals surface area contributed by atoms with E-state index in [-0.39, 0.29) is 6.61 Å². The largest absolute Gasteiger partial charge is 0.497 e. The average Bonchev–Trinajstić information content (AvgIpc) is 2.34. The normalized spacial score (nSPS) is 12.9. The van der Waals surface area contributed by atoms with Crippen molar-refractivity contribution in [2.75, 3.05) is 7.11 Å². The molecule has 4 nitrogen and oxygen atoms in total. The second kappa shape index (κ2) is 6.11. The van der Waals surface area contributed by atoms with Crippen LogP contribution in [0.15, 0.2) is 24.3 Å². The highest BCUT2D eigenvalue weighted by atomic mass is 32.1. The summed E-state index contributed by atoms with van der Waals surface area (Å²) in [4.78, 5) is 11.7. The van der Waals surface area contributed by atoms with Gasteiger partial charge in [0.05, 0.1) is 7.11 Å². The van der Waals surface area contributed by atoms with Crippen LogP contribution < -0.4 is 10.5 Å². The Morgan fingerprint density at radius 2 is 1.94 bits per heavy atom. The van der Waals surface area contributed by atoms with Crippen molar-refractivity contribution in [1.82, 2.24) is 0 Å². The first-order valence-corrected chi connectivity index (χ1v) is 6.07. The Hall–Kier alpha value is -1.20. The number of hydrogen-bond donors (Lipinski definition) is 2. The summed E-state index contributed by atoms with van der Waals surface area (Å²) in [6.45, 7) is 3.74. The van der Waals surface area contributed by atoms with E-state index in [1.807, 2.05) is 24.3 Å². The Morgan fingerprint density at radius 1 is 1.39 bits per heavy atom. The molecule has 0 amide bonds. The molecule has 1 aromatic carbocycles. The molecule has 0 saturated heterocycles. The first-order chi connectivity index (χ1) is 8.34. The van der Waals surface area contributed by atoms with Crippen LogP contribution in [-0.2, 0) is 16.1 Å². The lowest BCUT2D eigenvalue weighted by Crippen LogP contribution is -2.46. The van der Waals surface area contributed by atoms with Gasteiger partial charge in [0.15, 0.2) is 0 Å². The summed E-state index contributed by atoms with van der Waals surface area (Å²) in [5, 5.41) is 0. The number of thiol groups is 1. The number of carbonyl (C=O) groups excluding carboxylic acids is 1. The fourth-order valence-corrected chi connectivity index (χ4v) is 1.36. The van der Waals surface area contributed by atoms with Crippen LogP contribution in [0.3, 0.4) is 0 Å². The zero-order valence-electron chi connectivity index (χ0n) is 10.8. The molecule has 0 fully saturated rings. The quantitative estimate of drug-likeness (QED) is 0.632. The fraction of sp³-hybridized carbons (Fsp3) is 0.462. The van der Waals surface area contributed by atoms with Gasteiger partial charge >= 0.3 is 5.97 Å². The highest BCUT2D eigenvalue weighted by Gasteiger charge is 2.29. The van der Waals surface area contributed by atoms with E-state index in [2.05, 4.69) is 12.6 Å². The van der Waals surface area contributed by atoms with Gasteiger partial charge in [0.1, 0.15) is 18.4 Å². The number of benzene rings is 1. The van der Waals surface area contributed by atoms with Crippen molar-refractivity contribution < 1.29 is 14.3 Å². The molecule has 100 valence electrons. The van der Waals surface area contributed by atoms with E-state index in [9.17, 15) is 4.79 Å². The molecule has 0 spiro atoms. The molecule has 1 atom stereocenters. The van der Waals surface area contributed by atoms with Gasteiger partial charge in [-0.3, -0.25) is 4.79 Å². The Morgan fingerprint density at radius 3 is 2.39 bits per heavy atom. The van der Waals surface area contributed by atoms with Crippen LogP contribution in [0, 0.1) is 0 Å². The first-order valence-electron chi connectivity index (χ1n) is 5.62. The van der Waals surface area contributed by atoms with Gasteiger partial charge in [-0.2, -0.15) is 12.6 Å². The van der Waals surface area contributed by atoms with Crippen molar-refractivity contribution in [3.8, 4) is 5.75 Å². The highest BCUT2D eigenvalue weighted by Crippen LogP contribution is 2.17. The lowest BCUT2D eigenvalue weighted by atomic mass is 10.0. The van der Waals surface area contributed by atoms with Crippen LogP contribution in [0.4, 0.5) is 0 Å². The number of ether oxygens (including phenoxy) is 2. The van der Waals surface area contributed by atoms with Crippen LogP contribution in [-0.4, -0.2) is 23.9 Å². The summed E-state index contributed by atoms with van der Waals surface area (Å²) in [7, 11) is 1.60. The maximum absolute atomic E-state index is 11.7. The molecule has 0 aliphatic carbocycles. The summed E-state index contributed by atoms with van der Waals surface area (Å²) in [5.41, 5.74) is 6.62. The van der Waals surface area contributed by atoms with Gasteiger partial charge in [-0.1, -0.05) is 12.1 Å². The highest BCUT2D eigenvalue weighted by molar-refractivity contribution is 7.81. The summed E-state index contributed by atoms with van der Waals surface area (Å²) < 4.78 is 9.58. The van der Waals surface area contributed by atoms with Crippen molar-refractivity contribution >= 4 is 18.6 Å². The number of methoxy groups -OCH3 is 1. The maximum atomic E-state index is 11.7. The minimum atomic E-state index is -0.751. The van der Waals surface area contributed by atoms with Gasteiger partial charge in [-0.05, 0) is 31.5 Å². The monoisotopic (exact) mass is 269 g/mol. The number of carbonyl (C=O) groups is 1. The van der Waals surface area contributed by atoms with Crippen molar-refractivity contribution in [3.05, 3.63) is 29.8 Å². The van der Waals surface area contributed by atoms with Crippen molar-refractivity contribution in [2.24, 2.45) is 5.73 Å². The van der Waals surface area contributed by atoms with Crippen molar-refractivity contribution in [1.29, 1.82) is 0 Å². The molecule has 0 saturated carbocycles. The van der Waals surface area contributed by atoms with Gasteiger partial charge in [0.2, 0.25) is 0 Å². The lowest BCUT2D eigenvalue weighted by Gasteiger charge is -2.24. The van der Waals surface area contributed by atoms with E-state index in [0.717, 1.165) is 11.3 Å². The van der Waals surface area contributed by atoms with Gasteiger partial charge in [0, 0.05) is 4.75 Å². The molecular formula is C13H19NO3S. The minimum absolute atomic E-state index is 0.195. The third-order valence-corrected chi connectivity index (χ3v) is 2.83. The molecule has 5 heteroatoms. The Kier molecular flexibility index (Phi) is 5.04. The molecule has 0 bridgehead atoms. The smallest absolute Gasteiger partial charge is 0.324 e. The summed E-state index contributed by atoms with van der Waals surface area (Å²) in [5.74, 6) is 0.309. The van der Waals surface area contributed by atoms with E-state index in [4.69, 9.17) is 15.2 Å². The number of rotatable bonds is 5. The second-order valence-electron chi connectivity index (χ2n) is 4.59. The Labute approximate surface area is 113 Å². The Bertz CT molecular complexity index is 398. The zero-order chi connectivity index (χ0) is 13.8. The summed E-state index contributed by atoms with van der Waals surface area (Å²) in [6.07, 6.45) is 0. The molecule has 0 unspecified atom stereocenters. The summed E-state index contributed by atoms with van der Waals surface area (Å²) >= 11 is 4.25. The first kappa shape index (κ1) is 14.9. The van der Waals surface area contributed by atoms with Gasteiger partial charge in [0.25, 0.3) is 0 Å². The molecular weight excluding hydrogens is 250 g/mol. The van der Waals surface area contributed by atoms with E-state index in [1.54, 1.807) is 21.0 Å². The molecule has 0 heterocycles. The molecule has 0 aliphatic rings. The second-order valence-corrected chi connectivity index (χ2v) is 5.74. The van der Waals surface area contributed by atoms with Crippen LogP contribution in [0.1, 0.15) is 19.4 Å². The van der Waals surface area contributed by atoms with Crippen LogP contribution in [0.25, 0.3) is 0 Å². The standard InChI is InChI=1S/C13H19NO3S/c1-13(2,18)11(14)12(15)17-8-9-4-6-10(16-3)7-5-9/h4-7,11,18H,8,14H2,1-3H3/t11-/m0/s1. The van der Waals surface area contributed by atoms with Gasteiger partial charge in [-0.25, -0.2) is 0 Å². The topological polar surface area (TPSA) is 61.5 Å². The SMILES string of the molecule is COc1ccc(COC(=O)[C@H](N)C(C)(C)S)cc1. The molecule has 1 rings (SSSR count). The van der Waals surface area contributed by atoms with Crippen molar-refractivity contribution in [3.63, 3.8) is 0 Å². The molecule has 2 N–H and O–H groups in total. The predicted molar refractivity (Wildman–Crippen MR) is 73.8 cm³/mol. The number of nitrogens with two attached hydrogens (primary N) is 1. The predicted octanol–water partition coefficient (Wildman–Crippen LogP) is 1.77. The van der Waals surface area contributed by atoms with Crippen molar-refractivity contribution in [2.45, 2.75) is 31.2 Å². The van der Waals surface area contributed by atoms with E-state index in [1.165, 1.54) is 0 Å². The van der Waals surface area contributed by atoms with E-state index < -0.39 is 16.8 Å². The van der Waals surface area contributed by atoms with Gasteiger partial charge in [-0.15, -0.1) is 0 Å². The number of hydrogen-bond acceptors (Lipinski definition) is 5. The molecule has 0 aliphatic heterocycles. The van der Waals surface area contributed by atoms with Crippen LogP contribution >= 0.6 is 12.6 Å². The van der Waals surface area contributed by atoms with Crippen LogP contribution in [0.2, 0.25) is 0 Å². The van der Waals surface area contributed by atoms with E-state index in [0.29, 0.717) is 0 Å². The molecule has 0 radical (unpaired) electrons. The molecule has 0 aromatic heterocycles. The van der Waals surface area contributed by atoms with Crippen LogP contribution in [0.5, 0.6) is 5.75 Å². The number of esters is 1.